The minimum atomic E-state index is -0.273. The topological polar surface area (TPSA) is 76.6 Å². The highest BCUT2D eigenvalue weighted by atomic mass is 19.1. The molecule has 1 N–H and O–H groups in total. The van der Waals surface area contributed by atoms with Crippen molar-refractivity contribution in [3.63, 3.8) is 0 Å². The minimum absolute atomic E-state index is 0.273. The number of nitrogens with one attached hydrogen (secondary N) is 1. The lowest BCUT2D eigenvalue weighted by atomic mass is 9.98. The van der Waals surface area contributed by atoms with Crippen LogP contribution in [0.2, 0.25) is 0 Å². The van der Waals surface area contributed by atoms with Crippen molar-refractivity contribution in [2.75, 3.05) is 0 Å². The molecule has 34 heavy (non-hydrogen) atoms. The molecule has 0 unspecified atom stereocenters. The summed E-state index contributed by atoms with van der Waals surface area (Å²) in [6.45, 7) is 4.27. The maximum absolute atomic E-state index is 13.4. The molecule has 0 fully saturated rings. The number of hydrogen-bond donors (Lipinski definition) is 1. The van der Waals surface area contributed by atoms with Gasteiger partial charge in [0.1, 0.15) is 18.2 Å². The maximum Gasteiger partial charge on any atom is 0.205 e. The Kier molecular flexibility index (Phi) is 5.82. The summed E-state index contributed by atoms with van der Waals surface area (Å²) >= 11 is 0. The van der Waals surface area contributed by atoms with E-state index in [1.54, 1.807) is 12.1 Å². The van der Waals surface area contributed by atoms with Crippen LogP contribution in [0.1, 0.15) is 17.0 Å². The van der Waals surface area contributed by atoms with Gasteiger partial charge in [0.2, 0.25) is 5.82 Å². The molecule has 5 aromatic rings. The predicted molar refractivity (Wildman–Crippen MR) is 128 cm³/mol. The Labute approximate surface area is 196 Å². The quantitative estimate of drug-likeness (QED) is 0.346. The number of aromatic amines is 1. The van der Waals surface area contributed by atoms with Crippen molar-refractivity contribution < 1.29 is 9.13 Å². The van der Waals surface area contributed by atoms with Gasteiger partial charge in [0, 0.05) is 28.6 Å². The molecule has 0 bridgehead atoms. The van der Waals surface area contributed by atoms with E-state index in [1.807, 2.05) is 56.3 Å². The Morgan fingerprint density at radius 3 is 2.26 bits per heavy atom. The van der Waals surface area contributed by atoms with Crippen molar-refractivity contribution in [1.29, 1.82) is 0 Å². The molecule has 0 spiro atoms. The number of H-pyrrole nitrogens is 1. The smallest absolute Gasteiger partial charge is 0.205 e. The van der Waals surface area contributed by atoms with Gasteiger partial charge in [-0.2, -0.15) is 5.21 Å². The summed E-state index contributed by atoms with van der Waals surface area (Å²) in [6.07, 6.45) is 0. The van der Waals surface area contributed by atoms with E-state index in [1.165, 1.54) is 12.1 Å². The largest absolute Gasteiger partial charge is 0.488 e. The predicted octanol–water partition coefficient (Wildman–Crippen LogP) is 5.93. The van der Waals surface area contributed by atoms with Crippen molar-refractivity contribution in [3.05, 3.63) is 102 Å². The first-order valence-corrected chi connectivity index (χ1v) is 10.9. The molecule has 0 amide bonds. The van der Waals surface area contributed by atoms with Crippen LogP contribution in [-0.4, -0.2) is 25.6 Å². The molecule has 6 nitrogen and oxygen atoms in total. The van der Waals surface area contributed by atoms with Crippen LogP contribution in [0.15, 0.2) is 78.9 Å². The minimum Gasteiger partial charge on any atom is -0.488 e. The molecule has 0 aliphatic rings. The number of benzene rings is 3. The third-order valence-electron chi connectivity index (χ3n) is 5.60. The number of hydrogen-bond acceptors (Lipinski definition) is 5. The Hall–Kier alpha value is -4.39. The molecule has 0 atom stereocenters. The van der Waals surface area contributed by atoms with Crippen molar-refractivity contribution >= 4 is 0 Å². The first-order chi connectivity index (χ1) is 16.6. The number of halogens is 1. The van der Waals surface area contributed by atoms with Gasteiger partial charge < -0.3 is 4.74 Å². The molecular formula is C27H22FN5O. The number of rotatable bonds is 6. The molecule has 0 aliphatic heterocycles. The lowest BCUT2D eigenvalue weighted by Gasteiger charge is -2.15. The highest BCUT2D eigenvalue weighted by Gasteiger charge is 2.14. The summed E-state index contributed by atoms with van der Waals surface area (Å²) < 4.78 is 19.7. The van der Waals surface area contributed by atoms with Crippen molar-refractivity contribution in [1.82, 2.24) is 25.6 Å². The zero-order valence-corrected chi connectivity index (χ0v) is 18.8. The number of ether oxygens (including phenoxy) is 1. The average Bonchev–Trinajstić information content (AvgIpc) is 3.39. The van der Waals surface area contributed by atoms with E-state index in [2.05, 4.69) is 37.7 Å². The highest BCUT2D eigenvalue weighted by molar-refractivity contribution is 5.80. The van der Waals surface area contributed by atoms with Crippen molar-refractivity contribution in [2.45, 2.75) is 20.5 Å². The summed E-state index contributed by atoms with van der Waals surface area (Å²) in [4.78, 5) is 4.57. The van der Waals surface area contributed by atoms with Gasteiger partial charge >= 0.3 is 0 Å². The van der Waals surface area contributed by atoms with Gasteiger partial charge in [-0.25, -0.2) is 4.39 Å². The zero-order valence-electron chi connectivity index (χ0n) is 18.8. The van der Waals surface area contributed by atoms with E-state index < -0.39 is 0 Å². The molecule has 0 saturated carbocycles. The van der Waals surface area contributed by atoms with E-state index in [4.69, 9.17) is 4.74 Å². The average molecular weight is 452 g/mol. The first-order valence-electron chi connectivity index (χ1n) is 10.9. The van der Waals surface area contributed by atoms with Crippen LogP contribution in [0.4, 0.5) is 4.39 Å². The van der Waals surface area contributed by atoms with Gasteiger partial charge in [-0.3, -0.25) is 4.98 Å². The third kappa shape index (κ3) is 4.41. The zero-order chi connectivity index (χ0) is 23.5. The highest BCUT2D eigenvalue weighted by Crippen LogP contribution is 2.34. The fraction of sp³-hybridized carbons (Fsp3) is 0.111. The van der Waals surface area contributed by atoms with Gasteiger partial charge in [0.05, 0.1) is 0 Å². The second-order valence-electron chi connectivity index (χ2n) is 8.00. The number of tetrazole rings is 1. The molecule has 2 heterocycles. The van der Waals surface area contributed by atoms with Crippen molar-refractivity contribution in [3.8, 4) is 39.4 Å². The third-order valence-corrected chi connectivity index (χ3v) is 5.60. The van der Waals surface area contributed by atoms with Crippen LogP contribution in [0.3, 0.4) is 0 Å². The van der Waals surface area contributed by atoms with Gasteiger partial charge in [0.15, 0.2) is 0 Å². The maximum atomic E-state index is 13.4. The lowest BCUT2D eigenvalue weighted by Crippen LogP contribution is -2.01. The molecule has 0 saturated heterocycles. The molecule has 3 aromatic carbocycles. The SMILES string of the molecule is Cc1cc(OCc2ccc(-c3ccccc3-c3nn[nH]n3)cc2)c(-c2ccc(F)cc2)c(C)n1. The van der Waals surface area contributed by atoms with Crippen molar-refractivity contribution in [2.24, 2.45) is 0 Å². The van der Waals surface area contributed by atoms with E-state index in [9.17, 15) is 4.39 Å². The molecule has 5 rings (SSSR count). The summed E-state index contributed by atoms with van der Waals surface area (Å²) in [5.41, 5.74) is 7.46. The summed E-state index contributed by atoms with van der Waals surface area (Å²) in [5, 5.41) is 14.4. The van der Waals surface area contributed by atoms with E-state index in [0.717, 1.165) is 50.5 Å². The molecule has 168 valence electrons. The number of aromatic nitrogens is 5. The molecular weight excluding hydrogens is 429 g/mol. The normalized spacial score (nSPS) is 10.9. The molecule has 0 radical (unpaired) electrons. The summed E-state index contributed by atoms with van der Waals surface area (Å²) in [6, 6.07) is 24.5. The number of nitrogens with zero attached hydrogens (tertiary/aromatic N) is 4. The van der Waals surface area contributed by atoms with Gasteiger partial charge in [-0.1, -0.05) is 60.7 Å². The Morgan fingerprint density at radius 2 is 1.56 bits per heavy atom. The fourth-order valence-electron chi connectivity index (χ4n) is 4.02. The number of aryl methyl sites for hydroxylation is 2. The van der Waals surface area contributed by atoms with Crippen LogP contribution in [-0.2, 0) is 6.61 Å². The number of pyridine rings is 1. The standard InChI is InChI=1S/C27H22FN5O/c1-17-15-25(26(18(2)29-17)21-11-13-22(28)14-12-21)34-16-19-7-9-20(10-8-19)23-5-3-4-6-24(23)27-30-32-33-31-27/h3-15H,16H2,1-2H3,(H,30,31,32,33). The first kappa shape index (κ1) is 21.5. The van der Waals surface area contributed by atoms with E-state index in [0.29, 0.717) is 12.4 Å². The van der Waals surface area contributed by atoms with Crippen LogP contribution in [0.5, 0.6) is 5.75 Å². The summed E-state index contributed by atoms with van der Waals surface area (Å²) in [7, 11) is 0. The second kappa shape index (κ2) is 9.23. The Morgan fingerprint density at radius 1 is 0.853 bits per heavy atom. The van der Waals surface area contributed by atoms with Gasteiger partial charge in [-0.05, 0) is 53.4 Å². The fourth-order valence-corrected chi connectivity index (χ4v) is 4.02. The Balaban J connectivity index is 1.39. The van der Waals surface area contributed by atoms with Crippen LogP contribution < -0.4 is 4.74 Å². The lowest BCUT2D eigenvalue weighted by molar-refractivity contribution is 0.307. The van der Waals surface area contributed by atoms with Gasteiger partial charge in [0.25, 0.3) is 0 Å². The van der Waals surface area contributed by atoms with Crippen LogP contribution >= 0.6 is 0 Å². The second-order valence-corrected chi connectivity index (χ2v) is 8.00. The molecule has 7 heteroatoms. The van der Waals surface area contributed by atoms with Gasteiger partial charge in [-0.15, -0.1) is 10.2 Å². The molecule has 0 aliphatic carbocycles. The van der Waals surface area contributed by atoms with E-state index >= 15 is 0 Å². The van der Waals surface area contributed by atoms with Crippen LogP contribution in [0, 0.1) is 19.7 Å². The monoisotopic (exact) mass is 451 g/mol. The van der Waals surface area contributed by atoms with E-state index in [-0.39, 0.29) is 5.82 Å². The summed E-state index contributed by atoms with van der Waals surface area (Å²) in [5.74, 6) is 1.01. The Bertz CT molecular complexity index is 1420. The molecule has 2 aromatic heterocycles. The van der Waals surface area contributed by atoms with Crippen LogP contribution in [0.25, 0.3) is 33.6 Å².